The molecule has 10 heteroatoms. The highest BCUT2D eigenvalue weighted by atomic mass is 35.5. The van der Waals surface area contributed by atoms with E-state index >= 15 is 0 Å². The largest absolute Gasteiger partial charge is 0.454 e. The van der Waals surface area contributed by atoms with Crippen LogP contribution >= 0.6 is 23.8 Å². The molecule has 5 rings (SSSR count). The van der Waals surface area contributed by atoms with Gasteiger partial charge < -0.3 is 18.8 Å². The molecule has 3 aromatic rings. The van der Waals surface area contributed by atoms with E-state index in [1.54, 1.807) is 28.9 Å². The first-order valence-electron chi connectivity index (χ1n) is 9.82. The molecule has 0 bridgehead atoms. The standard InChI is InChI=1S/C21H19ClN4O4S/c22-16-4-1-14(2-5-16)20(27)25-9-7-24(8-10-25)12-26-21(31)30-19(23-26)15-3-6-17-18(11-15)29-13-28-17/h1-6,11H,7-10,12-13H2. The summed E-state index contributed by atoms with van der Waals surface area (Å²) in [7, 11) is 0. The lowest BCUT2D eigenvalue weighted by molar-refractivity contribution is 0.0583. The summed E-state index contributed by atoms with van der Waals surface area (Å²) in [5.74, 6) is 1.81. The molecule has 1 amide bonds. The van der Waals surface area contributed by atoms with Crippen LogP contribution in [0.25, 0.3) is 11.5 Å². The fraction of sp³-hybridized carbons (Fsp3) is 0.286. The summed E-state index contributed by atoms with van der Waals surface area (Å²) >= 11 is 11.3. The van der Waals surface area contributed by atoms with E-state index in [4.69, 9.17) is 37.7 Å². The van der Waals surface area contributed by atoms with E-state index in [1.807, 2.05) is 23.1 Å². The van der Waals surface area contributed by atoms with Crippen molar-refractivity contribution in [2.75, 3.05) is 33.0 Å². The Bertz CT molecular complexity index is 1170. The Balaban J connectivity index is 1.22. The summed E-state index contributed by atoms with van der Waals surface area (Å²) < 4.78 is 18.1. The van der Waals surface area contributed by atoms with Crippen molar-refractivity contribution in [3.05, 3.63) is 57.9 Å². The summed E-state index contributed by atoms with van der Waals surface area (Å²) in [6, 6.07) is 12.5. The SMILES string of the molecule is O=C(c1ccc(Cl)cc1)N1CCN(Cn2nc(-c3ccc4c(c3)OCO4)oc2=S)CC1. The minimum atomic E-state index is 0.0134. The zero-order chi connectivity index (χ0) is 21.4. The second-order valence-electron chi connectivity index (χ2n) is 7.30. The first kappa shape index (κ1) is 20.0. The molecule has 0 spiro atoms. The number of aromatic nitrogens is 2. The monoisotopic (exact) mass is 458 g/mol. The van der Waals surface area contributed by atoms with Crippen molar-refractivity contribution in [3.8, 4) is 23.0 Å². The van der Waals surface area contributed by atoms with E-state index in [0.717, 1.165) is 5.56 Å². The predicted molar refractivity (Wildman–Crippen MR) is 116 cm³/mol. The highest BCUT2D eigenvalue weighted by molar-refractivity contribution is 7.71. The average Bonchev–Trinajstić information content (AvgIpc) is 3.40. The van der Waals surface area contributed by atoms with Gasteiger partial charge in [-0.25, -0.2) is 4.68 Å². The van der Waals surface area contributed by atoms with Crippen molar-refractivity contribution in [3.63, 3.8) is 0 Å². The van der Waals surface area contributed by atoms with Crippen molar-refractivity contribution >= 4 is 29.7 Å². The zero-order valence-corrected chi connectivity index (χ0v) is 18.1. The molecule has 0 radical (unpaired) electrons. The van der Waals surface area contributed by atoms with Crippen LogP contribution in [-0.4, -0.2) is 58.5 Å². The van der Waals surface area contributed by atoms with Crippen LogP contribution in [0.3, 0.4) is 0 Å². The van der Waals surface area contributed by atoms with Crippen LogP contribution in [0.4, 0.5) is 0 Å². The molecule has 1 aromatic heterocycles. The van der Waals surface area contributed by atoms with Crippen LogP contribution in [0.5, 0.6) is 11.5 Å². The first-order chi connectivity index (χ1) is 15.1. The molecule has 2 aliphatic heterocycles. The van der Waals surface area contributed by atoms with Crippen molar-refractivity contribution in [2.24, 2.45) is 0 Å². The molecule has 160 valence electrons. The second-order valence-corrected chi connectivity index (χ2v) is 8.08. The molecule has 0 unspecified atom stereocenters. The molecule has 1 saturated heterocycles. The normalized spacial score (nSPS) is 16.0. The molecule has 3 heterocycles. The summed E-state index contributed by atoms with van der Waals surface area (Å²) in [4.78, 5) is 17.0. The number of benzene rings is 2. The Morgan fingerprint density at radius 1 is 1.03 bits per heavy atom. The van der Waals surface area contributed by atoms with Gasteiger partial charge in [-0.05, 0) is 54.7 Å². The third-order valence-corrected chi connectivity index (χ3v) is 5.86. The summed E-state index contributed by atoms with van der Waals surface area (Å²) in [5.41, 5.74) is 1.41. The molecular formula is C21H19ClN4O4S. The Hall–Kier alpha value is -2.88. The molecular weight excluding hydrogens is 440 g/mol. The lowest BCUT2D eigenvalue weighted by Gasteiger charge is -2.34. The number of hydrogen-bond acceptors (Lipinski definition) is 7. The van der Waals surface area contributed by atoms with Gasteiger partial charge in [-0.15, -0.1) is 5.10 Å². The minimum absolute atomic E-state index is 0.0134. The van der Waals surface area contributed by atoms with E-state index in [-0.39, 0.29) is 12.7 Å². The molecule has 0 saturated carbocycles. The van der Waals surface area contributed by atoms with Crippen molar-refractivity contribution in [1.29, 1.82) is 0 Å². The highest BCUT2D eigenvalue weighted by Crippen LogP contribution is 2.35. The predicted octanol–water partition coefficient (Wildman–Crippen LogP) is 3.67. The third kappa shape index (κ3) is 4.16. The number of rotatable bonds is 4. The molecule has 1 fully saturated rings. The topological polar surface area (TPSA) is 73.0 Å². The lowest BCUT2D eigenvalue weighted by atomic mass is 10.2. The number of hydrogen-bond donors (Lipinski definition) is 0. The summed E-state index contributed by atoms with van der Waals surface area (Å²) in [5, 5.41) is 5.14. The van der Waals surface area contributed by atoms with Gasteiger partial charge in [0.05, 0.1) is 6.67 Å². The van der Waals surface area contributed by atoms with Crippen LogP contribution in [0.1, 0.15) is 10.4 Å². The van der Waals surface area contributed by atoms with E-state index < -0.39 is 0 Å². The molecule has 0 atom stereocenters. The zero-order valence-electron chi connectivity index (χ0n) is 16.5. The average molecular weight is 459 g/mol. The quantitative estimate of drug-likeness (QED) is 0.552. The number of carbonyl (C=O) groups excluding carboxylic acids is 1. The number of amides is 1. The Morgan fingerprint density at radius 2 is 1.77 bits per heavy atom. The third-order valence-electron chi connectivity index (χ3n) is 5.31. The van der Waals surface area contributed by atoms with Crippen LogP contribution in [-0.2, 0) is 6.67 Å². The molecule has 8 nitrogen and oxygen atoms in total. The van der Waals surface area contributed by atoms with Gasteiger partial charge >= 0.3 is 0 Å². The Kier molecular flexibility index (Phi) is 5.39. The van der Waals surface area contributed by atoms with Gasteiger partial charge in [-0.1, -0.05) is 11.6 Å². The summed E-state index contributed by atoms with van der Waals surface area (Å²) in [6.45, 7) is 3.39. The number of fused-ring (bicyclic) bond motifs is 1. The van der Waals surface area contributed by atoms with Crippen LogP contribution in [0.15, 0.2) is 46.9 Å². The maximum atomic E-state index is 12.7. The van der Waals surface area contributed by atoms with Gasteiger partial charge in [-0.2, -0.15) is 0 Å². The molecule has 2 aliphatic rings. The molecule has 0 N–H and O–H groups in total. The lowest BCUT2D eigenvalue weighted by Crippen LogP contribution is -2.49. The minimum Gasteiger partial charge on any atom is -0.454 e. The Morgan fingerprint density at radius 3 is 2.55 bits per heavy atom. The molecule has 31 heavy (non-hydrogen) atoms. The number of ether oxygens (including phenoxy) is 2. The van der Waals surface area contributed by atoms with Crippen molar-refractivity contribution in [2.45, 2.75) is 6.67 Å². The maximum Gasteiger partial charge on any atom is 0.288 e. The van der Waals surface area contributed by atoms with Gasteiger partial charge in [0.2, 0.25) is 12.7 Å². The van der Waals surface area contributed by atoms with E-state index in [0.29, 0.717) is 65.7 Å². The second kappa shape index (κ2) is 8.33. The van der Waals surface area contributed by atoms with E-state index in [2.05, 4.69) is 10.00 Å². The first-order valence-corrected chi connectivity index (χ1v) is 10.6. The fourth-order valence-electron chi connectivity index (χ4n) is 3.60. The highest BCUT2D eigenvalue weighted by Gasteiger charge is 2.23. The number of nitrogens with zero attached hydrogens (tertiary/aromatic N) is 4. The van der Waals surface area contributed by atoms with Gasteiger partial charge in [-0.3, -0.25) is 9.69 Å². The van der Waals surface area contributed by atoms with Gasteiger partial charge in [0.1, 0.15) is 0 Å². The molecule has 2 aromatic carbocycles. The van der Waals surface area contributed by atoms with Crippen LogP contribution < -0.4 is 9.47 Å². The van der Waals surface area contributed by atoms with Gasteiger partial charge in [0, 0.05) is 42.3 Å². The smallest absolute Gasteiger partial charge is 0.288 e. The van der Waals surface area contributed by atoms with Gasteiger partial charge in [0.15, 0.2) is 11.5 Å². The number of halogens is 1. The van der Waals surface area contributed by atoms with Crippen molar-refractivity contribution in [1.82, 2.24) is 19.6 Å². The number of carbonyl (C=O) groups is 1. The Labute approximate surface area is 188 Å². The fourth-order valence-corrected chi connectivity index (χ4v) is 3.90. The maximum absolute atomic E-state index is 12.7. The number of piperazine rings is 1. The van der Waals surface area contributed by atoms with Crippen molar-refractivity contribution < 1.29 is 18.7 Å². The van der Waals surface area contributed by atoms with Gasteiger partial charge in [0.25, 0.3) is 10.7 Å². The summed E-state index contributed by atoms with van der Waals surface area (Å²) in [6.07, 6.45) is 0. The van der Waals surface area contributed by atoms with Crippen LogP contribution in [0, 0.1) is 4.84 Å². The van der Waals surface area contributed by atoms with Crippen LogP contribution in [0.2, 0.25) is 5.02 Å². The van der Waals surface area contributed by atoms with E-state index in [1.165, 1.54) is 0 Å². The van der Waals surface area contributed by atoms with E-state index in [9.17, 15) is 4.79 Å². The molecule has 0 aliphatic carbocycles.